The number of amides is 1. The SMILES string of the molecule is Cc1cc(OC(C)C(=O)Nc2nc(-c3ccc(S(=O)(=O)N4CCC(Cc5ccccc5)CC4)cc3)cs2)cc(C)c1Cl. The molecular formula is C32H34ClN3O4S2. The molecule has 1 aliphatic rings. The number of rotatable bonds is 9. The third kappa shape index (κ3) is 7.03. The minimum absolute atomic E-state index is 0.273. The van der Waals surface area contributed by atoms with Crippen molar-refractivity contribution in [1.29, 1.82) is 0 Å². The maximum absolute atomic E-state index is 13.3. The van der Waals surface area contributed by atoms with Crippen LogP contribution in [0.4, 0.5) is 5.13 Å². The van der Waals surface area contributed by atoms with E-state index in [0.717, 1.165) is 36.0 Å². The molecule has 220 valence electrons. The molecule has 10 heteroatoms. The van der Waals surface area contributed by atoms with Gasteiger partial charge in [-0.1, -0.05) is 54.1 Å². The van der Waals surface area contributed by atoms with Gasteiger partial charge in [-0.05, 0) is 86.9 Å². The molecule has 4 aromatic rings. The number of sulfonamides is 1. The molecule has 2 heterocycles. The van der Waals surface area contributed by atoms with E-state index in [9.17, 15) is 13.2 Å². The molecule has 0 saturated carbocycles. The number of aryl methyl sites for hydroxylation is 2. The third-order valence-electron chi connectivity index (χ3n) is 7.55. The molecule has 1 aliphatic heterocycles. The van der Waals surface area contributed by atoms with Crippen molar-refractivity contribution in [3.05, 3.63) is 93.8 Å². The number of piperidine rings is 1. The van der Waals surface area contributed by atoms with Crippen LogP contribution in [0.2, 0.25) is 5.02 Å². The van der Waals surface area contributed by atoms with Crippen LogP contribution in [0.15, 0.2) is 77.0 Å². The van der Waals surface area contributed by atoms with Gasteiger partial charge in [0, 0.05) is 29.1 Å². The number of benzene rings is 3. The van der Waals surface area contributed by atoms with E-state index in [4.69, 9.17) is 16.3 Å². The molecule has 1 atom stereocenters. The number of anilines is 1. The van der Waals surface area contributed by atoms with Crippen LogP contribution in [-0.2, 0) is 21.2 Å². The quantitative estimate of drug-likeness (QED) is 0.214. The first-order valence-electron chi connectivity index (χ1n) is 13.9. The number of carbonyl (C=O) groups excluding carboxylic acids is 1. The average molecular weight is 624 g/mol. The van der Waals surface area contributed by atoms with Crippen molar-refractivity contribution in [2.24, 2.45) is 5.92 Å². The van der Waals surface area contributed by atoms with Crippen LogP contribution >= 0.6 is 22.9 Å². The maximum Gasteiger partial charge on any atom is 0.266 e. The normalized spacial score (nSPS) is 15.3. The van der Waals surface area contributed by atoms with Crippen molar-refractivity contribution in [2.45, 2.75) is 51.0 Å². The number of nitrogens with one attached hydrogen (secondary N) is 1. The Morgan fingerprint density at radius 2 is 1.71 bits per heavy atom. The van der Waals surface area contributed by atoms with E-state index in [-0.39, 0.29) is 10.8 Å². The van der Waals surface area contributed by atoms with Crippen molar-refractivity contribution in [3.63, 3.8) is 0 Å². The summed E-state index contributed by atoms with van der Waals surface area (Å²) in [5.41, 5.74) is 4.48. The molecule has 0 aliphatic carbocycles. The molecule has 1 saturated heterocycles. The van der Waals surface area contributed by atoms with Crippen LogP contribution in [0.5, 0.6) is 5.75 Å². The molecule has 1 N–H and O–H groups in total. The molecule has 5 rings (SSSR count). The first kappa shape index (κ1) is 30.2. The topological polar surface area (TPSA) is 88.6 Å². The Labute approximate surface area is 256 Å². The molecule has 0 spiro atoms. The van der Waals surface area contributed by atoms with Gasteiger partial charge in [0.15, 0.2) is 11.2 Å². The number of thiazole rings is 1. The highest BCUT2D eigenvalue weighted by atomic mass is 35.5. The maximum atomic E-state index is 13.3. The second-order valence-corrected chi connectivity index (χ2v) is 13.9. The van der Waals surface area contributed by atoms with Crippen molar-refractivity contribution in [3.8, 4) is 17.0 Å². The van der Waals surface area contributed by atoms with Crippen molar-refractivity contribution in [2.75, 3.05) is 18.4 Å². The predicted molar refractivity (Wildman–Crippen MR) is 169 cm³/mol. The fraction of sp³-hybridized carbons (Fsp3) is 0.312. The van der Waals surface area contributed by atoms with Crippen LogP contribution in [-0.4, -0.2) is 42.8 Å². The number of hydrogen-bond donors (Lipinski definition) is 1. The zero-order chi connectivity index (χ0) is 29.9. The first-order chi connectivity index (χ1) is 20.1. The lowest BCUT2D eigenvalue weighted by Crippen LogP contribution is -2.38. The summed E-state index contributed by atoms with van der Waals surface area (Å²) >= 11 is 7.52. The van der Waals surface area contributed by atoms with Crippen LogP contribution in [0.3, 0.4) is 0 Å². The van der Waals surface area contributed by atoms with Gasteiger partial charge in [0.25, 0.3) is 5.91 Å². The van der Waals surface area contributed by atoms with Gasteiger partial charge in [-0.25, -0.2) is 13.4 Å². The Morgan fingerprint density at radius 3 is 2.36 bits per heavy atom. The van der Waals surface area contributed by atoms with Gasteiger partial charge in [-0.2, -0.15) is 4.31 Å². The Hall–Kier alpha value is -3.24. The van der Waals surface area contributed by atoms with E-state index in [2.05, 4.69) is 22.4 Å². The van der Waals surface area contributed by atoms with Gasteiger partial charge >= 0.3 is 0 Å². The summed E-state index contributed by atoms with van der Waals surface area (Å²) in [4.78, 5) is 17.6. The van der Waals surface area contributed by atoms with Crippen LogP contribution in [0.25, 0.3) is 11.3 Å². The minimum Gasteiger partial charge on any atom is -0.481 e. The van der Waals surface area contributed by atoms with Crippen LogP contribution < -0.4 is 10.1 Å². The van der Waals surface area contributed by atoms with Gasteiger partial charge in [0.1, 0.15) is 5.75 Å². The average Bonchev–Trinajstić information content (AvgIpc) is 3.45. The molecule has 3 aromatic carbocycles. The molecule has 1 amide bonds. The first-order valence-corrected chi connectivity index (χ1v) is 16.6. The van der Waals surface area contributed by atoms with E-state index in [1.165, 1.54) is 16.9 Å². The van der Waals surface area contributed by atoms with Crippen molar-refractivity contribution in [1.82, 2.24) is 9.29 Å². The van der Waals surface area contributed by atoms with E-state index < -0.39 is 16.1 Å². The van der Waals surface area contributed by atoms with Crippen LogP contribution in [0, 0.1) is 19.8 Å². The molecule has 1 fully saturated rings. The molecule has 1 aromatic heterocycles. The monoisotopic (exact) mass is 623 g/mol. The molecule has 0 radical (unpaired) electrons. The minimum atomic E-state index is -3.57. The van der Waals surface area contributed by atoms with E-state index >= 15 is 0 Å². The number of hydrogen-bond acceptors (Lipinski definition) is 6. The summed E-state index contributed by atoms with van der Waals surface area (Å²) in [5, 5.41) is 5.75. The molecule has 0 bridgehead atoms. The van der Waals surface area contributed by atoms with Gasteiger partial charge in [0.05, 0.1) is 10.6 Å². The highest BCUT2D eigenvalue weighted by Gasteiger charge is 2.29. The van der Waals surface area contributed by atoms with Gasteiger partial charge in [-0.15, -0.1) is 11.3 Å². The van der Waals surface area contributed by atoms with E-state index in [1.807, 2.05) is 37.4 Å². The van der Waals surface area contributed by atoms with Gasteiger partial charge < -0.3 is 4.74 Å². The second-order valence-electron chi connectivity index (χ2n) is 10.7. The lowest BCUT2D eigenvalue weighted by Gasteiger charge is -2.31. The Bertz CT molecular complexity index is 1630. The lowest BCUT2D eigenvalue weighted by atomic mass is 9.91. The summed E-state index contributed by atoms with van der Waals surface area (Å²) in [5.74, 6) is 0.736. The van der Waals surface area contributed by atoms with Crippen molar-refractivity contribution < 1.29 is 17.9 Å². The Kier molecular flexibility index (Phi) is 9.32. The molecule has 7 nitrogen and oxygen atoms in total. The highest BCUT2D eigenvalue weighted by Crippen LogP contribution is 2.30. The molecule has 1 unspecified atom stereocenters. The number of nitrogens with zero attached hydrogens (tertiary/aromatic N) is 2. The Morgan fingerprint density at radius 1 is 1.07 bits per heavy atom. The van der Waals surface area contributed by atoms with Crippen molar-refractivity contribution >= 4 is 44.0 Å². The summed E-state index contributed by atoms with van der Waals surface area (Å²) in [7, 11) is -3.57. The number of ether oxygens (including phenoxy) is 1. The standard InChI is InChI=1S/C32H34ClN3O4S2/c1-21-17-27(18-22(2)30(21)33)40-23(3)31(37)35-32-34-29(20-41-32)26-9-11-28(12-10-26)42(38,39)36-15-13-25(14-16-36)19-24-7-5-4-6-8-24/h4-12,17-18,20,23,25H,13-16,19H2,1-3H3,(H,34,35,37). The zero-order valence-electron chi connectivity index (χ0n) is 23.8. The number of carbonyl (C=O) groups is 1. The van der Waals surface area contributed by atoms with Gasteiger partial charge in [0.2, 0.25) is 10.0 Å². The fourth-order valence-electron chi connectivity index (χ4n) is 5.15. The summed E-state index contributed by atoms with van der Waals surface area (Å²) < 4.78 is 34.1. The van der Waals surface area contributed by atoms with E-state index in [1.54, 1.807) is 47.6 Å². The Balaban J connectivity index is 1.17. The van der Waals surface area contributed by atoms with E-state index in [0.29, 0.717) is 40.6 Å². The number of aromatic nitrogens is 1. The zero-order valence-corrected chi connectivity index (χ0v) is 26.2. The summed E-state index contributed by atoms with van der Waals surface area (Å²) in [6, 6.07) is 20.7. The third-order valence-corrected chi connectivity index (χ3v) is 10.8. The smallest absolute Gasteiger partial charge is 0.266 e. The summed E-state index contributed by atoms with van der Waals surface area (Å²) in [6.07, 6.45) is 1.93. The lowest BCUT2D eigenvalue weighted by molar-refractivity contribution is -0.122. The number of halogens is 1. The largest absolute Gasteiger partial charge is 0.481 e. The predicted octanol–water partition coefficient (Wildman–Crippen LogP) is 7.13. The van der Waals surface area contributed by atoms with Crippen LogP contribution in [0.1, 0.15) is 36.5 Å². The summed E-state index contributed by atoms with van der Waals surface area (Å²) in [6.45, 7) is 6.50. The highest BCUT2D eigenvalue weighted by molar-refractivity contribution is 7.89. The molecular weight excluding hydrogens is 590 g/mol. The van der Waals surface area contributed by atoms with Gasteiger partial charge in [-0.3, -0.25) is 10.1 Å². The fourth-order valence-corrected chi connectivity index (χ4v) is 7.45. The second kappa shape index (κ2) is 13.0. The molecule has 42 heavy (non-hydrogen) atoms.